The van der Waals surface area contributed by atoms with Gasteiger partial charge >= 0.3 is 0 Å². The van der Waals surface area contributed by atoms with Crippen molar-refractivity contribution in [3.8, 4) is 5.75 Å². The van der Waals surface area contributed by atoms with E-state index in [1.807, 2.05) is 0 Å². The average molecular weight is 304 g/mol. The summed E-state index contributed by atoms with van der Waals surface area (Å²) in [4.78, 5) is 23.0. The third-order valence-corrected chi connectivity index (χ3v) is 4.34. The summed E-state index contributed by atoms with van der Waals surface area (Å²) in [6, 6.07) is 6.97. The van der Waals surface area contributed by atoms with Gasteiger partial charge < -0.3 is 15.8 Å². The number of hydrogen-bond donors (Lipinski definition) is 2. The molecule has 0 unspecified atom stereocenters. The molecule has 0 radical (unpaired) electrons. The van der Waals surface area contributed by atoms with Gasteiger partial charge in [-0.3, -0.25) is 9.59 Å². The van der Waals surface area contributed by atoms with Crippen molar-refractivity contribution in [2.45, 2.75) is 39.2 Å². The van der Waals surface area contributed by atoms with E-state index in [9.17, 15) is 9.59 Å². The fourth-order valence-electron chi connectivity index (χ4n) is 3.06. The molecule has 0 spiro atoms. The summed E-state index contributed by atoms with van der Waals surface area (Å²) in [5, 5.41) is 3.15. The van der Waals surface area contributed by atoms with Crippen LogP contribution in [0.25, 0.3) is 0 Å². The maximum absolute atomic E-state index is 12.4. The molecule has 3 N–H and O–H groups in total. The van der Waals surface area contributed by atoms with Gasteiger partial charge in [0.05, 0.1) is 0 Å². The molecule has 1 fully saturated rings. The van der Waals surface area contributed by atoms with Gasteiger partial charge in [-0.05, 0) is 48.9 Å². The minimum Gasteiger partial charge on any atom is -0.484 e. The molecule has 2 amide bonds. The Bertz CT molecular complexity index is 517. The van der Waals surface area contributed by atoms with Crippen molar-refractivity contribution in [1.82, 2.24) is 5.32 Å². The van der Waals surface area contributed by atoms with Crippen LogP contribution in [0.2, 0.25) is 0 Å². The summed E-state index contributed by atoms with van der Waals surface area (Å²) in [5.74, 6) is 0.945. The zero-order valence-electron chi connectivity index (χ0n) is 13.2. The van der Waals surface area contributed by atoms with Crippen LogP contribution in [0.4, 0.5) is 0 Å². The second-order valence-corrected chi connectivity index (χ2v) is 6.16. The van der Waals surface area contributed by atoms with Crippen molar-refractivity contribution in [2.24, 2.45) is 17.6 Å². The van der Waals surface area contributed by atoms with Crippen LogP contribution >= 0.6 is 0 Å². The number of nitrogens with one attached hydrogen (secondary N) is 1. The van der Waals surface area contributed by atoms with Gasteiger partial charge in [-0.15, -0.1) is 0 Å². The Morgan fingerprint density at radius 3 is 2.32 bits per heavy atom. The van der Waals surface area contributed by atoms with Crippen LogP contribution in [-0.4, -0.2) is 24.5 Å². The largest absolute Gasteiger partial charge is 0.484 e. The van der Waals surface area contributed by atoms with E-state index in [1.54, 1.807) is 24.3 Å². The molecule has 1 aromatic rings. The molecule has 0 saturated heterocycles. The van der Waals surface area contributed by atoms with Gasteiger partial charge in [0.25, 0.3) is 11.8 Å². The lowest BCUT2D eigenvalue weighted by Gasteiger charge is -2.35. The molecule has 1 saturated carbocycles. The van der Waals surface area contributed by atoms with Gasteiger partial charge in [-0.25, -0.2) is 0 Å². The van der Waals surface area contributed by atoms with E-state index < -0.39 is 5.91 Å². The van der Waals surface area contributed by atoms with E-state index in [4.69, 9.17) is 10.5 Å². The lowest BCUT2D eigenvalue weighted by Crippen LogP contribution is -2.45. The first-order chi connectivity index (χ1) is 10.5. The number of benzene rings is 1. The van der Waals surface area contributed by atoms with E-state index in [0.29, 0.717) is 23.1 Å². The molecular weight excluding hydrogens is 280 g/mol. The van der Waals surface area contributed by atoms with E-state index in [0.717, 1.165) is 12.8 Å². The Labute approximate surface area is 131 Å². The van der Waals surface area contributed by atoms with E-state index >= 15 is 0 Å². The first kappa shape index (κ1) is 16.3. The fraction of sp³-hybridized carbons (Fsp3) is 0.529. The van der Waals surface area contributed by atoms with E-state index in [2.05, 4.69) is 19.2 Å². The number of primary amides is 1. The van der Waals surface area contributed by atoms with Crippen LogP contribution in [0.1, 0.15) is 43.5 Å². The van der Waals surface area contributed by atoms with Crippen molar-refractivity contribution < 1.29 is 14.3 Å². The van der Waals surface area contributed by atoms with E-state index in [-0.39, 0.29) is 18.6 Å². The predicted octanol–water partition coefficient (Wildman–Crippen LogP) is 2.11. The second kappa shape index (κ2) is 7.29. The van der Waals surface area contributed by atoms with Gasteiger partial charge in [0.15, 0.2) is 6.61 Å². The fourth-order valence-corrected chi connectivity index (χ4v) is 3.06. The van der Waals surface area contributed by atoms with Crippen molar-refractivity contribution in [1.29, 1.82) is 0 Å². The SMILES string of the molecule is C[C@H]1CCC[C@H](C)C1NC(=O)c1ccc(OCC(N)=O)cc1. The number of rotatable bonds is 5. The molecule has 0 heterocycles. The Kier molecular flexibility index (Phi) is 5.41. The Morgan fingerprint density at radius 1 is 1.18 bits per heavy atom. The van der Waals surface area contributed by atoms with Gasteiger partial charge in [-0.2, -0.15) is 0 Å². The lowest BCUT2D eigenvalue weighted by atomic mass is 9.78. The second-order valence-electron chi connectivity index (χ2n) is 6.16. The summed E-state index contributed by atoms with van der Waals surface area (Å²) in [5.41, 5.74) is 5.61. The predicted molar refractivity (Wildman–Crippen MR) is 84.6 cm³/mol. The molecule has 0 bridgehead atoms. The normalized spacial score (nSPS) is 22.1. The highest BCUT2D eigenvalue weighted by Gasteiger charge is 2.29. The maximum atomic E-state index is 12.4. The lowest BCUT2D eigenvalue weighted by molar-refractivity contribution is -0.119. The molecule has 5 heteroatoms. The van der Waals surface area contributed by atoms with Crippen molar-refractivity contribution >= 4 is 11.8 Å². The zero-order valence-corrected chi connectivity index (χ0v) is 13.2. The monoisotopic (exact) mass is 304 g/mol. The minimum absolute atomic E-state index is 0.0629. The van der Waals surface area contributed by atoms with Crippen molar-refractivity contribution in [3.05, 3.63) is 29.8 Å². The third kappa shape index (κ3) is 4.23. The molecule has 0 aliphatic heterocycles. The molecule has 5 nitrogen and oxygen atoms in total. The number of carbonyl (C=O) groups is 2. The first-order valence-electron chi connectivity index (χ1n) is 7.79. The molecule has 2 rings (SSSR count). The summed E-state index contributed by atoms with van der Waals surface area (Å²) >= 11 is 0. The molecule has 2 atom stereocenters. The van der Waals surface area contributed by atoms with Crippen LogP contribution in [0.5, 0.6) is 5.75 Å². The first-order valence-corrected chi connectivity index (χ1v) is 7.79. The number of hydrogen-bond acceptors (Lipinski definition) is 3. The smallest absolute Gasteiger partial charge is 0.255 e. The van der Waals surface area contributed by atoms with Gasteiger partial charge in [-0.1, -0.05) is 20.3 Å². The molecule has 1 aliphatic rings. The van der Waals surface area contributed by atoms with Gasteiger partial charge in [0.2, 0.25) is 0 Å². The molecule has 0 aromatic heterocycles. The number of carbonyl (C=O) groups excluding carboxylic acids is 2. The van der Waals surface area contributed by atoms with Crippen LogP contribution in [0.15, 0.2) is 24.3 Å². The van der Waals surface area contributed by atoms with Gasteiger partial charge in [0.1, 0.15) is 5.75 Å². The third-order valence-electron chi connectivity index (χ3n) is 4.34. The highest BCUT2D eigenvalue weighted by Crippen LogP contribution is 2.29. The molecule has 120 valence electrons. The highest BCUT2D eigenvalue weighted by molar-refractivity contribution is 5.94. The minimum atomic E-state index is -0.526. The standard InChI is InChI=1S/C17H24N2O3/c1-11-4-3-5-12(2)16(11)19-17(21)13-6-8-14(9-7-13)22-10-15(18)20/h6-9,11-12,16H,3-5,10H2,1-2H3,(H2,18,20)(H,19,21)/t11-,12-/m0/s1. The van der Waals surface area contributed by atoms with Crippen molar-refractivity contribution in [2.75, 3.05) is 6.61 Å². The molecule has 1 aromatic carbocycles. The summed E-state index contributed by atoms with van der Waals surface area (Å²) in [6.07, 6.45) is 3.56. The molecular formula is C17H24N2O3. The number of ether oxygens (including phenoxy) is 1. The highest BCUT2D eigenvalue weighted by atomic mass is 16.5. The van der Waals surface area contributed by atoms with Crippen LogP contribution in [0, 0.1) is 11.8 Å². The summed E-state index contributed by atoms with van der Waals surface area (Å²) in [7, 11) is 0. The Hall–Kier alpha value is -2.04. The van der Waals surface area contributed by atoms with Crippen LogP contribution < -0.4 is 15.8 Å². The maximum Gasteiger partial charge on any atom is 0.255 e. The number of nitrogens with two attached hydrogens (primary N) is 1. The summed E-state index contributed by atoms with van der Waals surface area (Å²) in [6.45, 7) is 4.23. The Balaban J connectivity index is 1.96. The summed E-state index contributed by atoms with van der Waals surface area (Å²) < 4.78 is 5.18. The van der Waals surface area contributed by atoms with Gasteiger partial charge in [0, 0.05) is 11.6 Å². The Morgan fingerprint density at radius 2 is 1.77 bits per heavy atom. The molecule has 1 aliphatic carbocycles. The topological polar surface area (TPSA) is 81.4 Å². The zero-order chi connectivity index (χ0) is 16.1. The van der Waals surface area contributed by atoms with E-state index in [1.165, 1.54) is 6.42 Å². The average Bonchev–Trinajstić information content (AvgIpc) is 2.49. The quantitative estimate of drug-likeness (QED) is 0.874. The molecule has 22 heavy (non-hydrogen) atoms. The van der Waals surface area contributed by atoms with Crippen molar-refractivity contribution in [3.63, 3.8) is 0 Å². The van der Waals surface area contributed by atoms with Crippen LogP contribution in [-0.2, 0) is 4.79 Å². The number of amides is 2. The van der Waals surface area contributed by atoms with Crippen LogP contribution in [0.3, 0.4) is 0 Å².